The highest BCUT2D eigenvalue weighted by molar-refractivity contribution is 5.90. The van der Waals surface area contributed by atoms with Gasteiger partial charge in [-0.15, -0.1) is 0 Å². The van der Waals surface area contributed by atoms with Crippen molar-refractivity contribution in [2.24, 2.45) is 5.92 Å². The maximum atomic E-state index is 13.2. The molecule has 3 unspecified atom stereocenters. The number of piperidine rings is 1. The molecule has 42 heavy (non-hydrogen) atoms. The number of aliphatic hydroxyl groups excluding tert-OH is 1. The van der Waals surface area contributed by atoms with Crippen LogP contribution in [0.5, 0.6) is 11.5 Å². The fourth-order valence-corrected chi connectivity index (χ4v) is 7.63. The molecule has 3 fully saturated rings. The summed E-state index contributed by atoms with van der Waals surface area (Å²) < 4.78 is 17.1. The van der Waals surface area contributed by atoms with E-state index in [2.05, 4.69) is 15.5 Å². The third-order valence-electron chi connectivity index (χ3n) is 10.0. The number of hydrogen-bond acceptors (Lipinski definition) is 12. The van der Waals surface area contributed by atoms with Crippen molar-refractivity contribution in [2.75, 3.05) is 39.9 Å². The van der Waals surface area contributed by atoms with Crippen LogP contribution < -0.4 is 20.1 Å². The van der Waals surface area contributed by atoms with Gasteiger partial charge in [-0.25, -0.2) is 4.79 Å². The van der Waals surface area contributed by atoms with E-state index in [1.807, 2.05) is 6.07 Å². The van der Waals surface area contributed by atoms with Crippen molar-refractivity contribution < 1.29 is 43.6 Å². The second-order valence-corrected chi connectivity index (χ2v) is 12.4. The summed E-state index contributed by atoms with van der Waals surface area (Å²) in [5, 5.41) is 27.1. The molecule has 1 saturated heterocycles. The van der Waals surface area contributed by atoms with E-state index in [4.69, 9.17) is 14.2 Å². The highest BCUT2D eigenvalue weighted by Gasteiger charge is 2.73. The number of ketones is 3. The van der Waals surface area contributed by atoms with Crippen LogP contribution in [0, 0.1) is 5.92 Å². The molecule has 4 N–H and O–H groups in total. The lowest BCUT2D eigenvalue weighted by Gasteiger charge is -2.62. The van der Waals surface area contributed by atoms with Crippen molar-refractivity contribution in [1.82, 2.24) is 15.5 Å². The second kappa shape index (κ2) is 11.0. The maximum Gasteiger partial charge on any atom is 0.514 e. The van der Waals surface area contributed by atoms with E-state index in [-0.39, 0.29) is 55.3 Å². The first-order valence-corrected chi connectivity index (χ1v) is 14.8. The Labute approximate surface area is 244 Å². The lowest BCUT2D eigenvalue weighted by molar-refractivity contribution is -0.188. The number of rotatable bonds is 12. The standard InChI is InChI=1S/C30H39N3O9/c1-16(35)20(32-12-22(37)19(14-34)31-2)15-40-28(38)41-23-6-5-18-11-24-30(39)8-7-21(36)27-29(30,25(18)26(23)42-27)9-10-33(24)13-17-3-4-17/h5-6,17,19-20,24,27,31-32,34,39H,3-4,7-15H2,1-2H3/t19?,20?,24-,27?,29+,30-/m1/s1. The fourth-order valence-electron chi connectivity index (χ4n) is 7.63. The van der Waals surface area contributed by atoms with Crippen LogP contribution in [0.1, 0.15) is 50.2 Å². The molecule has 228 valence electrons. The molecule has 3 aliphatic carbocycles. The zero-order chi connectivity index (χ0) is 29.8. The number of carbonyl (C=O) groups excluding carboxylic acids is 4. The number of benzene rings is 1. The number of aliphatic hydroxyl groups is 2. The molecular weight excluding hydrogens is 546 g/mol. The van der Waals surface area contributed by atoms with Crippen LogP contribution in [0.2, 0.25) is 0 Å². The van der Waals surface area contributed by atoms with E-state index in [0.29, 0.717) is 30.9 Å². The van der Waals surface area contributed by atoms with Crippen molar-refractivity contribution >= 4 is 23.5 Å². The molecule has 6 atom stereocenters. The van der Waals surface area contributed by atoms with E-state index in [0.717, 1.165) is 24.2 Å². The maximum absolute atomic E-state index is 13.2. The van der Waals surface area contributed by atoms with Gasteiger partial charge in [-0.3, -0.25) is 24.6 Å². The van der Waals surface area contributed by atoms with Gasteiger partial charge < -0.3 is 29.7 Å². The molecular formula is C30H39N3O9. The first-order chi connectivity index (χ1) is 20.1. The van der Waals surface area contributed by atoms with E-state index < -0.39 is 35.4 Å². The zero-order valence-corrected chi connectivity index (χ0v) is 24.0. The Balaban J connectivity index is 1.19. The summed E-state index contributed by atoms with van der Waals surface area (Å²) in [6.07, 6.45) is 2.32. The molecule has 0 radical (unpaired) electrons. The van der Waals surface area contributed by atoms with Crippen LogP contribution >= 0.6 is 0 Å². The van der Waals surface area contributed by atoms with Crippen molar-refractivity contribution in [2.45, 2.75) is 80.7 Å². The van der Waals surface area contributed by atoms with Crippen molar-refractivity contribution in [3.05, 3.63) is 23.3 Å². The summed E-state index contributed by atoms with van der Waals surface area (Å²) in [5.74, 6) is 0.313. The minimum atomic E-state index is -1.13. The molecule has 1 aromatic carbocycles. The molecule has 12 heteroatoms. The van der Waals surface area contributed by atoms with Crippen LogP contribution in [-0.2, 0) is 31.0 Å². The largest absolute Gasteiger partial charge is 0.514 e. The highest BCUT2D eigenvalue weighted by Crippen LogP contribution is 2.65. The van der Waals surface area contributed by atoms with Gasteiger partial charge in [-0.2, -0.15) is 0 Å². The van der Waals surface area contributed by atoms with Gasteiger partial charge in [0, 0.05) is 24.6 Å². The molecule has 1 aromatic rings. The molecule has 0 amide bonds. The predicted octanol–water partition coefficient (Wildman–Crippen LogP) is 0.0318. The molecule has 5 aliphatic rings. The van der Waals surface area contributed by atoms with Crippen molar-refractivity contribution in [3.63, 3.8) is 0 Å². The summed E-state index contributed by atoms with van der Waals surface area (Å²) in [5.41, 5.74) is -0.266. The van der Waals surface area contributed by atoms with E-state index in [1.54, 1.807) is 6.07 Å². The van der Waals surface area contributed by atoms with E-state index in [9.17, 15) is 29.4 Å². The quantitative estimate of drug-likeness (QED) is 0.193. The minimum absolute atomic E-state index is 0.0572. The molecule has 2 aliphatic heterocycles. The number of Topliss-reactive ketones (excluding diaryl/α,β-unsaturated/α-hetero) is 3. The van der Waals surface area contributed by atoms with Gasteiger partial charge in [0.05, 0.1) is 30.2 Å². The van der Waals surface area contributed by atoms with Crippen molar-refractivity contribution in [3.8, 4) is 11.5 Å². The molecule has 2 saturated carbocycles. The molecule has 1 spiro atoms. The van der Waals surface area contributed by atoms with Gasteiger partial charge in [0.1, 0.15) is 18.4 Å². The van der Waals surface area contributed by atoms with Gasteiger partial charge in [-0.1, -0.05) is 6.07 Å². The number of ether oxygens (including phenoxy) is 3. The molecule has 12 nitrogen and oxygen atoms in total. The van der Waals surface area contributed by atoms with Crippen molar-refractivity contribution in [1.29, 1.82) is 0 Å². The molecule has 6 rings (SSSR count). The minimum Gasteiger partial charge on any atom is -0.477 e. The normalized spacial score (nSPS) is 30.6. The Kier molecular flexibility index (Phi) is 7.63. The monoisotopic (exact) mass is 585 g/mol. The molecule has 2 bridgehead atoms. The van der Waals surface area contributed by atoms with E-state index in [1.165, 1.54) is 26.8 Å². The third kappa shape index (κ3) is 4.64. The summed E-state index contributed by atoms with van der Waals surface area (Å²) in [6, 6.07) is 1.67. The van der Waals surface area contributed by atoms with E-state index >= 15 is 0 Å². The highest BCUT2D eigenvalue weighted by atomic mass is 16.7. The number of nitrogens with zero attached hydrogens (tertiary/aromatic N) is 1. The van der Waals surface area contributed by atoms with Crippen LogP contribution in [-0.4, -0.2) is 108 Å². The van der Waals surface area contributed by atoms with Gasteiger partial charge >= 0.3 is 6.16 Å². The number of likely N-dealkylation sites (N-methyl/N-ethyl adjacent to an activating group) is 1. The first-order valence-electron chi connectivity index (χ1n) is 14.8. The fraction of sp³-hybridized carbons (Fsp3) is 0.667. The Morgan fingerprint density at radius 2 is 2.00 bits per heavy atom. The lowest BCUT2D eigenvalue weighted by Crippen LogP contribution is -2.76. The number of carbonyl (C=O) groups is 4. The SMILES string of the molecule is CNC(CO)C(=O)CNC(COC(=O)Oc1ccc2c3c1OC1C(=O)CC[C@@]4(O)[C@@H](C2)N(CC2CC2)CC[C@]314)C(C)=O. The summed E-state index contributed by atoms with van der Waals surface area (Å²) in [4.78, 5) is 52.7. The van der Waals surface area contributed by atoms with Crippen LogP contribution in [0.4, 0.5) is 4.79 Å². The number of likely N-dealkylation sites (tertiary alicyclic amines) is 1. The topological polar surface area (TPSA) is 164 Å². The molecule has 2 heterocycles. The average Bonchev–Trinajstić information content (AvgIpc) is 3.70. The first kappa shape index (κ1) is 29.2. The predicted molar refractivity (Wildman–Crippen MR) is 148 cm³/mol. The zero-order valence-electron chi connectivity index (χ0n) is 24.0. The van der Waals surface area contributed by atoms with Gasteiger partial charge in [0.25, 0.3) is 0 Å². The smallest absolute Gasteiger partial charge is 0.477 e. The Bertz CT molecular complexity index is 1290. The lowest BCUT2D eigenvalue weighted by atomic mass is 9.49. The molecule has 0 aromatic heterocycles. The number of nitrogens with one attached hydrogen (secondary N) is 2. The summed E-state index contributed by atoms with van der Waals surface area (Å²) in [6.45, 7) is 2.04. The van der Waals surface area contributed by atoms with Gasteiger partial charge in [0.2, 0.25) is 0 Å². The van der Waals surface area contributed by atoms with Crippen LogP contribution in [0.3, 0.4) is 0 Å². The summed E-state index contributed by atoms with van der Waals surface area (Å²) >= 11 is 0. The number of hydrogen-bond donors (Lipinski definition) is 4. The summed E-state index contributed by atoms with van der Waals surface area (Å²) in [7, 11) is 1.54. The van der Waals surface area contributed by atoms with Gasteiger partial charge in [-0.05, 0) is 70.2 Å². The third-order valence-corrected chi connectivity index (χ3v) is 10.0. The average molecular weight is 586 g/mol. The van der Waals surface area contributed by atoms with Crippen LogP contribution in [0.25, 0.3) is 0 Å². The Morgan fingerprint density at radius 1 is 1.21 bits per heavy atom. The second-order valence-electron chi connectivity index (χ2n) is 12.4. The Hall–Kier alpha value is -2.90. The Morgan fingerprint density at radius 3 is 2.69 bits per heavy atom. The van der Waals surface area contributed by atoms with Crippen LogP contribution in [0.15, 0.2) is 12.1 Å². The van der Waals surface area contributed by atoms with Gasteiger partial charge in [0.15, 0.2) is 29.2 Å².